The molecule has 0 amide bonds. The van der Waals surface area contributed by atoms with Gasteiger partial charge >= 0.3 is 12.1 Å². The Morgan fingerprint density at radius 2 is 1.63 bits per heavy atom. The van der Waals surface area contributed by atoms with Crippen LogP contribution in [0.1, 0.15) is 43.4 Å². The summed E-state index contributed by atoms with van der Waals surface area (Å²) in [6.07, 6.45) is -4.43. The molecule has 1 aliphatic rings. The highest BCUT2D eigenvalue weighted by atomic mass is 32.2. The third-order valence-corrected chi connectivity index (χ3v) is 8.47. The third-order valence-electron chi connectivity index (χ3n) is 6.70. The first-order valence-electron chi connectivity index (χ1n) is 11.9. The van der Waals surface area contributed by atoms with Crippen molar-refractivity contribution in [2.24, 2.45) is 5.41 Å². The van der Waals surface area contributed by atoms with Crippen LogP contribution in [-0.4, -0.2) is 32.6 Å². The van der Waals surface area contributed by atoms with Crippen LogP contribution in [-0.2, 0) is 21.0 Å². The molecule has 0 saturated heterocycles. The highest BCUT2D eigenvalue weighted by Crippen LogP contribution is 2.49. The molecule has 0 radical (unpaired) electrons. The fourth-order valence-corrected chi connectivity index (χ4v) is 6.22. The number of benzene rings is 3. The molecule has 10 heteroatoms. The second-order valence-corrected chi connectivity index (χ2v) is 12.3. The number of hydrogen-bond donors (Lipinski definition) is 1. The first-order chi connectivity index (χ1) is 17.6. The van der Waals surface area contributed by atoms with Crippen LogP contribution in [0.5, 0.6) is 5.75 Å². The number of hydrogen-bond acceptors (Lipinski definition) is 4. The van der Waals surface area contributed by atoms with Crippen molar-refractivity contribution in [3.63, 3.8) is 0 Å². The number of aliphatic carboxylic acids is 1. The van der Waals surface area contributed by atoms with Crippen molar-refractivity contribution in [3.8, 4) is 16.9 Å². The SMILES string of the molecule is Cc1cc(S(=O)(=O)N2CC(C(C)(C)C)c3cc(-c4ccc(C(F)(F)F)cc4)ccc32)ccc1OCC(=O)O. The van der Waals surface area contributed by atoms with Crippen LogP contribution in [0.15, 0.2) is 65.6 Å². The van der Waals surface area contributed by atoms with Gasteiger partial charge in [0.25, 0.3) is 10.0 Å². The molecule has 0 spiro atoms. The van der Waals surface area contributed by atoms with Crippen molar-refractivity contribution in [1.82, 2.24) is 0 Å². The maximum absolute atomic E-state index is 13.8. The van der Waals surface area contributed by atoms with E-state index in [4.69, 9.17) is 9.84 Å². The number of halogens is 3. The number of rotatable bonds is 6. The van der Waals surface area contributed by atoms with Crippen LogP contribution in [0, 0.1) is 12.3 Å². The zero-order valence-electron chi connectivity index (χ0n) is 21.3. The zero-order chi connectivity index (χ0) is 28.0. The second kappa shape index (κ2) is 9.65. The lowest BCUT2D eigenvalue weighted by molar-refractivity contribution is -0.139. The Balaban J connectivity index is 1.72. The summed E-state index contributed by atoms with van der Waals surface area (Å²) < 4.78 is 73.1. The van der Waals surface area contributed by atoms with Gasteiger partial charge in [0.05, 0.1) is 16.1 Å². The van der Waals surface area contributed by atoms with Crippen molar-refractivity contribution in [2.75, 3.05) is 17.5 Å². The molecule has 0 aliphatic carbocycles. The molecule has 1 aliphatic heterocycles. The van der Waals surface area contributed by atoms with Gasteiger partial charge < -0.3 is 9.84 Å². The van der Waals surface area contributed by atoms with E-state index in [2.05, 4.69) is 0 Å². The number of nitrogens with zero attached hydrogens (tertiary/aromatic N) is 1. The van der Waals surface area contributed by atoms with E-state index in [1.54, 1.807) is 19.1 Å². The standard InChI is InChI=1S/C28H28F3NO5S/c1-17-13-21(10-12-25(17)37-16-26(33)34)38(35,36)32-15-23(27(2,3)4)22-14-19(7-11-24(22)32)18-5-8-20(9-6-18)28(29,30)31/h5-14,23H,15-16H2,1-4H3,(H,33,34). The van der Waals surface area contributed by atoms with Gasteiger partial charge in [0.1, 0.15) is 5.75 Å². The number of carboxylic acids is 1. The average Bonchev–Trinajstić information content (AvgIpc) is 3.23. The normalized spacial score (nSPS) is 15.9. The van der Waals surface area contributed by atoms with Crippen LogP contribution < -0.4 is 9.04 Å². The summed E-state index contributed by atoms with van der Waals surface area (Å²) in [5.74, 6) is -1.03. The molecule has 3 aromatic carbocycles. The van der Waals surface area contributed by atoms with Crippen molar-refractivity contribution in [3.05, 3.63) is 77.4 Å². The van der Waals surface area contributed by atoms with Gasteiger partial charge in [0, 0.05) is 12.5 Å². The van der Waals surface area contributed by atoms with Gasteiger partial charge in [-0.1, -0.05) is 39.0 Å². The highest BCUT2D eigenvalue weighted by molar-refractivity contribution is 7.92. The van der Waals surface area contributed by atoms with Gasteiger partial charge in [0.2, 0.25) is 0 Å². The van der Waals surface area contributed by atoms with Crippen LogP contribution in [0.4, 0.5) is 18.9 Å². The van der Waals surface area contributed by atoms with Crippen LogP contribution in [0.25, 0.3) is 11.1 Å². The van der Waals surface area contributed by atoms with Crippen molar-refractivity contribution >= 4 is 21.7 Å². The van der Waals surface area contributed by atoms with Gasteiger partial charge in [-0.25, -0.2) is 13.2 Å². The van der Waals surface area contributed by atoms with Gasteiger partial charge in [-0.3, -0.25) is 4.31 Å². The van der Waals surface area contributed by atoms with Crippen molar-refractivity contribution < 1.29 is 36.2 Å². The summed E-state index contributed by atoms with van der Waals surface area (Å²) in [5, 5.41) is 8.84. The van der Waals surface area contributed by atoms with Crippen molar-refractivity contribution in [2.45, 2.75) is 44.7 Å². The molecule has 1 atom stereocenters. The zero-order valence-corrected chi connectivity index (χ0v) is 22.2. The van der Waals surface area contributed by atoms with Gasteiger partial charge in [-0.2, -0.15) is 13.2 Å². The van der Waals surface area contributed by atoms with E-state index in [0.717, 1.165) is 17.7 Å². The molecule has 4 rings (SSSR count). The van der Waals surface area contributed by atoms with E-state index >= 15 is 0 Å². The minimum atomic E-state index is -4.43. The van der Waals surface area contributed by atoms with E-state index in [1.807, 2.05) is 26.8 Å². The van der Waals surface area contributed by atoms with E-state index in [-0.39, 0.29) is 28.5 Å². The summed E-state index contributed by atoms with van der Waals surface area (Å²) >= 11 is 0. The Morgan fingerprint density at radius 3 is 2.18 bits per heavy atom. The number of carbonyl (C=O) groups is 1. The number of anilines is 1. The molecule has 0 saturated carbocycles. The quantitative estimate of drug-likeness (QED) is 0.382. The molecule has 3 aromatic rings. The molecule has 1 unspecified atom stereocenters. The lowest BCUT2D eigenvalue weighted by atomic mass is 9.77. The Labute approximate surface area is 219 Å². The summed E-state index contributed by atoms with van der Waals surface area (Å²) in [4.78, 5) is 10.9. The first-order valence-corrected chi connectivity index (χ1v) is 13.3. The molecule has 1 heterocycles. The minimum absolute atomic E-state index is 0.0463. The first kappa shape index (κ1) is 27.5. The largest absolute Gasteiger partial charge is 0.482 e. The maximum Gasteiger partial charge on any atom is 0.416 e. The monoisotopic (exact) mass is 547 g/mol. The summed E-state index contributed by atoms with van der Waals surface area (Å²) in [7, 11) is -3.98. The molecule has 38 heavy (non-hydrogen) atoms. The minimum Gasteiger partial charge on any atom is -0.482 e. The molecule has 0 aromatic heterocycles. The lowest BCUT2D eigenvalue weighted by Crippen LogP contribution is -2.32. The number of fused-ring (bicyclic) bond motifs is 1. The van der Waals surface area contributed by atoms with Gasteiger partial charge in [-0.05, 0) is 77.1 Å². The topological polar surface area (TPSA) is 83.9 Å². The van der Waals surface area contributed by atoms with Crippen LogP contribution in [0.2, 0.25) is 0 Å². The Bertz CT molecular complexity index is 1480. The molecular formula is C28H28F3NO5S. The van der Waals surface area contributed by atoms with Crippen LogP contribution >= 0.6 is 0 Å². The second-order valence-electron chi connectivity index (χ2n) is 10.4. The number of aryl methyl sites for hydroxylation is 1. The maximum atomic E-state index is 13.8. The van der Waals surface area contributed by atoms with Crippen LogP contribution in [0.3, 0.4) is 0 Å². The summed E-state index contributed by atoms with van der Waals surface area (Å²) in [6, 6.07) is 14.4. The number of alkyl halides is 3. The molecular weight excluding hydrogens is 519 g/mol. The number of ether oxygens (including phenoxy) is 1. The number of sulfonamides is 1. The van der Waals surface area contributed by atoms with Crippen molar-refractivity contribution in [1.29, 1.82) is 0 Å². The highest BCUT2D eigenvalue weighted by Gasteiger charge is 2.42. The van der Waals surface area contributed by atoms with Gasteiger partial charge in [0.15, 0.2) is 6.61 Å². The predicted molar refractivity (Wildman–Crippen MR) is 138 cm³/mol. The Kier molecular flexibility index (Phi) is 6.98. The molecule has 0 fully saturated rings. The summed E-state index contributed by atoms with van der Waals surface area (Å²) in [6.45, 7) is 7.35. The fraction of sp³-hybridized carbons (Fsp3) is 0.321. The van der Waals surface area contributed by atoms with Gasteiger partial charge in [-0.15, -0.1) is 0 Å². The number of carboxylic acid groups (broad SMARTS) is 1. The summed E-state index contributed by atoms with van der Waals surface area (Å²) in [5.41, 5.74) is 2.06. The van der Waals surface area contributed by atoms with E-state index < -0.39 is 34.3 Å². The fourth-order valence-electron chi connectivity index (χ4n) is 4.63. The Hall–Kier alpha value is -3.53. The molecule has 1 N–H and O–H groups in total. The molecule has 6 nitrogen and oxygen atoms in total. The smallest absolute Gasteiger partial charge is 0.416 e. The molecule has 0 bridgehead atoms. The van der Waals surface area contributed by atoms with E-state index in [1.165, 1.54) is 34.6 Å². The van der Waals surface area contributed by atoms with E-state index in [9.17, 15) is 26.4 Å². The molecule has 202 valence electrons. The predicted octanol–water partition coefficient (Wildman–Crippen LogP) is 6.48. The van der Waals surface area contributed by atoms with E-state index in [0.29, 0.717) is 22.4 Å². The average molecular weight is 548 g/mol. The third kappa shape index (κ3) is 5.36. The Morgan fingerprint density at radius 1 is 1.00 bits per heavy atom. The lowest BCUT2D eigenvalue weighted by Gasteiger charge is -2.28.